The van der Waals surface area contributed by atoms with Crippen LogP contribution in [0.5, 0.6) is 0 Å². The fraction of sp³-hybridized carbons (Fsp3) is 0.714. The fourth-order valence-corrected chi connectivity index (χ4v) is 2.81. The number of aromatic nitrogens is 2. The largest absolute Gasteiger partial charge is 0.445 e. The van der Waals surface area contributed by atoms with E-state index in [1.54, 1.807) is 12.4 Å². The molecule has 1 heterocycles. The Morgan fingerprint density at radius 2 is 2.22 bits per heavy atom. The van der Waals surface area contributed by atoms with Gasteiger partial charge in [0.1, 0.15) is 12.4 Å². The monoisotopic (exact) mass is 250 g/mol. The number of rotatable bonds is 2. The second-order valence-corrected chi connectivity index (χ2v) is 5.72. The molecule has 1 saturated carbocycles. The summed E-state index contributed by atoms with van der Waals surface area (Å²) in [4.78, 5) is 15.8. The molecule has 18 heavy (non-hydrogen) atoms. The van der Waals surface area contributed by atoms with Crippen LogP contribution in [-0.2, 0) is 4.74 Å². The molecule has 1 aliphatic carbocycles. The van der Waals surface area contributed by atoms with Crippen LogP contribution in [0.1, 0.15) is 40.0 Å². The van der Waals surface area contributed by atoms with Gasteiger partial charge in [0, 0.05) is 12.4 Å². The van der Waals surface area contributed by atoms with Crippen molar-refractivity contribution in [1.29, 1.82) is 0 Å². The van der Waals surface area contributed by atoms with E-state index in [4.69, 9.17) is 4.74 Å². The Kier molecular flexibility index (Phi) is 4.04. The Labute approximate surface area is 108 Å². The van der Waals surface area contributed by atoms with Crippen molar-refractivity contribution in [2.75, 3.05) is 0 Å². The number of carbonyl (C=O) groups is 1. The molecule has 0 N–H and O–H groups in total. The summed E-state index contributed by atoms with van der Waals surface area (Å²) >= 11 is 0. The van der Waals surface area contributed by atoms with Crippen LogP contribution in [0, 0.1) is 17.8 Å². The second kappa shape index (κ2) is 5.55. The molecule has 0 aliphatic heterocycles. The van der Waals surface area contributed by atoms with Crippen LogP contribution >= 0.6 is 0 Å². The van der Waals surface area contributed by atoms with Crippen molar-refractivity contribution in [2.24, 2.45) is 17.8 Å². The Balaban J connectivity index is 2.02. The number of ether oxygens (including phenoxy) is 1. The average molecular weight is 250 g/mol. The summed E-state index contributed by atoms with van der Waals surface area (Å²) in [5, 5.41) is 0. The Hall–Kier alpha value is -1.32. The standard InChI is InChI=1S/C14H22N2O2/c1-10(2)12-5-4-11(3)8-13(12)18-14(17)16-7-6-15-9-16/h6-7,9-13H,4-5,8H2,1-3H3/t11-,12+,13-/m0/s1. The minimum absolute atomic E-state index is 0.0450. The zero-order valence-corrected chi connectivity index (χ0v) is 11.4. The number of imidazole rings is 1. The third-order valence-corrected chi connectivity index (χ3v) is 3.93. The van der Waals surface area contributed by atoms with Crippen molar-refractivity contribution >= 4 is 6.09 Å². The Bertz CT molecular complexity index is 387. The van der Waals surface area contributed by atoms with Gasteiger partial charge in [0.2, 0.25) is 0 Å². The summed E-state index contributed by atoms with van der Waals surface area (Å²) in [5.74, 6) is 1.67. The number of hydrogen-bond acceptors (Lipinski definition) is 3. The molecule has 0 spiro atoms. The van der Waals surface area contributed by atoms with Crippen LogP contribution in [0.3, 0.4) is 0 Å². The smallest absolute Gasteiger partial charge is 0.419 e. The van der Waals surface area contributed by atoms with Gasteiger partial charge in [0.15, 0.2) is 0 Å². The van der Waals surface area contributed by atoms with Gasteiger partial charge in [-0.3, -0.25) is 0 Å². The molecular weight excluding hydrogens is 228 g/mol. The van der Waals surface area contributed by atoms with E-state index in [0.717, 1.165) is 12.8 Å². The molecule has 1 fully saturated rings. The van der Waals surface area contributed by atoms with E-state index in [0.29, 0.717) is 17.8 Å². The minimum atomic E-state index is -0.308. The lowest BCUT2D eigenvalue weighted by Gasteiger charge is -2.36. The maximum absolute atomic E-state index is 11.9. The van der Waals surface area contributed by atoms with Crippen LogP contribution in [-0.4, -0.2) is 21.7 Å². The molecule has 1 aromatic heterocycles. The van der Waals surface area contributed by atoms with Gasteiger partial charge < -0.3 is 4.74 Å². The summed E-state index contributed by atoms with van der Waals surface area (Å²) < 4.78 is 7.06. The third-order valence-electron chi connectivity index (χ3n) is 3.93. The number of nitrogens with zero attached hydrogens (tertiary/aromatic N) is 2. The quantitative estimate of drug-likeness (QED) is 0.808. The fourth-order valence-electron chi connectivity index (χ4n) is 2.81. The van der Waals surface area contributed by atoms with E-state index in [1.165, 1.54) is 17.3 Å². The topological polar surface area (TPSA) is 44.1 Å². The first-order chi connectivity index (χ1) is 8.58. The van der Waals surface area contributed by atoms with Gasteiger partial charge in [0.25, 0.3) is 0 Å². The SMILES string of the molecule is CC(C)[C@H]1CC[C@H](C)C[C@@H]1OC(=O)n1ccnc1. The lowest BCUT2D eigenvalue weighted by atomic mass is 9.75. The third kappa shape index (κ3) is 2.92. The van der Waals surface area contributed by atoms with Crippen molar-refractivity contribution in [3.05, 3.63) is 18.7 Å². The van der Waals surface area contributed by atoms with Crippen LogP contribution in [0.4, 0.5) is 4.79 Å². The lowest BCUT2D eigenvalue weighted by molar-refractivity contribution is 0.00673. The van der Waals surface area contributed by atoms with Gasteiger partial charge in [-0.1, -0.05) is 27.2 Å². The maximum Gasteiger partial charge on any atom is 0.419 e. The Morgan fingerprint density at radius 1 is 1.44 bits per heavy atom. The second-order valence-electron chi connectivity index (χ2n) is 5.72. The van der Waals surface area contributed by atoms with Crippen molar-refractivity contribution < 1.29 is 9.53 Å². The van der Waals surface area contributed by atoms with E-state index >= 15 is 0 Å². The average Bonchev–Trinajstić information content (AvgIpc) is 2.81. The molecule has 0 unspecified atom stereocenters. The van der Waals surface area contributed by atoms with E-state index < -0.39 is 0 Å². The molecule has 0 saturated heterocycles. The van der Waals surface area contributed by atoms with E-state index in [2.05, 4.69) is 25.8 Å². The first-order valence-electron chi connectivity index (χ1n) is 6.77. The molecule has 0 aromatic carbocycles. The Morgan fingerprint density at radius 3 is 2.83 bits per heavy atom. The van der Waals surface area contributed by atoms with Crippen molar-refractivity contribution in [2.45, 2.75) is 46.1 Å². The number of carbonyl (C=O) groups excluding carboxylic acids is 1. The van der Waals surface area contributed by atoms with Crippen LogP contribution < -0.4 is 0 Å². The molecule has 0 radical (unpaired) electrons. The normalized spacial score (nSPS) is 28.3. The van der Waals surface area contributed by atoms with Crippen LogP contribution in [0.2, 0.25) is 0 Å². The molecule has 0 amide bonds. The van der Waals surface area contributed by atoms with Crippen molar-refractivity contribution in [1.82, 2.24) is 9.55 Å². The predicted molar refractivity (Wildman–Crippen MR) is 69.2 cm³/mol. The first-order valence-corrected chi connectivity index (χ1v) is 6.77. The molecule has 4 nitrogen and oxygen atoms in total. The summed E-state index contributed by atoms with van der Waals surface area (Å²) in [6.45, 7) is 6.64. The summed E-state index contributed by atoms with van der Waals surface area (Å²) in [5.41, 5.74) is 0. The highest BCUT2D eigenvalue weighted by Crippen LogP contribution is 2.35. The molecule has 1 aliphatic rings. The predicted octanol–water partition coefficient (Wildman–Crippen LogP) is 3.33. The lowest BCUT2D eigenvalue weighted by Crippen LogP contribution is -2.36. The molecule has 4 heteroatoms. The van der Waals surface area contributed by atoms with Gasteiger partial charge in [-0.05, 0) is 30.6 Å². The van der Waals surface area contributed by atoms with Gasteiger partial charge in [-0.25, -0.2) is 14.3 Å². The molecule has 0 bridgehead atoms. The van der Waals surface area contributed by atoms with Gasteiger partial charge in [-0.15, -0.1) is 0 Å². The summed E-state index contributed by atoms with van der Waals surface area (Å²) in [6, 6.07) is 0. The maximum atomic E-state index is 11.9. The zero-order valence-electron chi connectivity index (χ0n) is 11.4. The zero-order chi connectivity index (χ0) is 13.1. The van der Waals surface area contributed by atoms with Gasteiger partial charge >= 0.3 is 6.09 Å². The van der Waals surface area contributed by atoms with Gasteiger partial charge in [-0.2, -0.15) is 0 Å². The highest BCUT2D eigenvalue weighted by Gasteiger charge is 2.33. The molecule has 3 atom stereocenters. The van der Waals surface area contributed by atoms with E-state index in [-0.39, 0.29) is 12.2 Å². The summed E-state index contributed by atoms with van der Waals surface area (Å²) in [6.07, 6.45) is 7.80. The van der Waals surface area contributed by atoms with E-state index in [1.807, 2.05) is 0 Å². The highest BCUT2D eigenvalue weighted by molar-refractivity contribution is 5.70. The van der Waals surface area contributed by atoms with Crippen molar-refractivity contribution in [3.8, 4) is 0 Å². The molecule has 100 valence electrons. The van der Waals surface area contributed by atoms with Gasteiger partial charge in [0.05, 0.1) is 0 Å². The molecular formula is C14H22N2O2. The van der Waals surface area contributed by atoms with E-state index in [9.17, 15) is 4.79 Å². The number of hydrogen-bond donors (Lipinski definition) is 0. The first kappa shape index (κ1) is 13.1. The summed E-state index contributed by atoms with van der Waals surface area (Å²) in [7, 11) is 0. The molecule has 2 rings (SSSR count). The highest BCUT2D eigenvalue weighted by atomic mass is 16.6. The van der Waals surface area contributed by atoms with Crippen molar-refractivity contribution in [3.63, 3.8) is 0 Å². The van der Waals surface area contributed by atoms with Crippen LogP contribution in [0.25, 0.3) is 0 Å². The minimum Gasteiger partial charge on any atom is -0.445 e. The van der Waals surface area contributed by atoms with Crippen LogP contribution in [0.15, 0.2) is 18.7 Å². The molecule has 1 aromatic rings.